The maximum Gasteiger partial charge on any atom is 0.107 e. The van der Waals surface area contributed by atoms with Crippen molar-refractivity contribution in [1.82, 2.24) is 9.97 Å². The van der Waals surface area contributed by atoms with Gasteiger partial charge in [-0.3, -0.25) is 0 Å². The molecule has 5 rings (SSSR count). The van der Waals surface area contributed by atoms with Gasteiger partial charge in [-0.25, -0.2) is 4.98 Å². The number of rotatable bonds is 4. The van der Waals surface area contributed by atoms with Gasteiger partial charge in [0.25, 0.3) is 0 Å². The highest BCUT2D eigenvalue weighted by Crippen LogP contribution is 2.40. The minimum atomic E-state index is 0.384. The topological polar surface area (TPSA) is 54.7 Å². The van der Waals surface area contributed by atoms with E-state index in [0.29, 0.717) is 17.9 Å². The lowest BCUT2D eigenvalue weighted by Crippen LogP contribution is -2.03. The first kappa shape index (κ1) is 17.0. The molecule has 0 aliphatic heterocycles. The Morgan fingerprint density at radius 3 is 2.52 bits per heavy atom. The summed E-state index contributed by atoms with van der Waals surface area (Å²) in [5.74, 6) is 2.39. The lowest BCUT2D eigenvalue weighted by atomic mass is 10.0. The Morgan fingerprint density at radius 1 is 1.00 bits per heavy atom. The van der Waals surface area contributed by atoms with Gasteiger partial charge in [-0.05, 0) is 70.5 Å². The number of nitrogens with one attached hydrogen (secondary N) is 1. The average molecular weight is 420 g/mol. The van der Waals surface area contributed by atoms with Gasteiger partial charge in [-0.15, -0.1) is 0 Å². The fourth-order valence-electron chi connectivity index (χ4n) is 4.09. The smallest absolute Gasteiger partial charge is 0.107 e. The number of aryl methyl sites for hydroxylation is 1. The Labute approximate surface area is 167 Å². The van der Waals surface area contributed by atoms with Crippen LogP contribution >= 0.6 is 15.9 Å². The van der Waals surface area contributed by atoms with E-state index in [0.717, 1.165) is 34.2 Å². The fraction of sp³-hybridized carbons (Fsp3) is 0.261. The lowest BCUT2D eigenvalue weighted by Gasteiger charge is -2.05. The molecule has 1 aliphatic carbocycles. The molecule has 4 aromatic rings. The molecular weight excluding hydrogens is 398 g/mol. The standard InChI is InChI=1S/C23H22BrN3/c1-13-19(23(13)25)7-9-22-26-20-8-5-17(12-21(20)27-22)14-2-3-16-11-18(24)6-4-15(16)10-14/h2-6,8,10-13,19,23H,7,9,25H2,1H3,(H,26,27)/t13-,19?,23?/m1/s1. The SMILES string of the molecule is C[C@H]1C(N)C1CCc1nc2ccc(-c3ccc4cc(Br)ccc4c3)cc2[nH]1. The summed E-state index contributed by atoms with van der Waals surface area (Å²) in [6, 6.07) is 19.9. The molecule has 0 spiro atoms. The molecule has 1 fully saturated rings. The molecule has 4 heteroatoms. The van der Waals surface area contributed by atoms with Crippen molar-refractivity contribution in [2.24, 2.45) is 17.6 Å². The fourth-order valence-corrected chi connectivity index (χ4v) is 4.47. The highest BCUT2D eigenvalue weighted by Gasteiger charge is 2.42. The third-order valence-electron chi connectivity index (χ3n) is 6.02. The van der Waals surface area contributed by atoms with Gasteiger partial charge in [0.05, 0.1) is 11.0 Å². The number of hydrogen-bond acceptors (Lipinski definition) is 2. The summed E-state index contributed by atoms with van der Waals surface area (Å²) >= 11 is 3.54. The number of nitrogens with two attached hydrogens (primary N) is 1. The summed E-state index contributed by atoms with van der Waals surface area (Å²) in [6.07, 6.45) is 2.09. The van der Waals surface area contributed by atoms with Gasteiger partial charge in [0.1, 0.15) is 5.82 Å². The van der Waals surface area contributed by atoms with Gasteiger partial charge >= 0.3 is 0 Å². The van der Waals surface area contributed by atoms with E-state index in [2.05, 4.69) is 82.4 Å². The zero-order valence-corrected chi connectivity index (χ0v) is 16.8. The highest BCUT2D eigenvalue weighted by molar-refractivity contribution is 9.10. The van der Waals surface area contributed by atoms with Crippen LogP contribution in [-0.4, -0.2) is 16.0 Å². The van der Waals surface area contributed by atoms with Crippen molar-refractivity contribution in [2.45, 2.75) is 25.8 Å². The molecule has 1 aromatic heterocycles. The summed E-state index contributed by atoms with van der Waals surface area (Å²) in [5.41, 5.74) is 10.6. The van der Waals surface area contributed by atoms with Crippen LogP contribution in [0, 0.1) is 11.8 Å². The second kappa shape index (κ2) is 6.47. The maximum atomic E-state index is 6.05. The molecule has 0 saturated heterocycles. The van der Waals surface area contributed by atoms with Crippen molar-refractivity contribution in [3.63, 3.8) is 0 Å². The van der Waals surface area contributed by atoms with Gasteiger partial charge in [0.2, 0.25) is 0 Å². The monoisotopic (exact) mass is 419 g/mol. The van der Waals surface area contributed by atoms with Gasteiger partial charge < -0.3 is 10.7 Å². The molecule has 27 heavy (non-hydrogen) atoms. The van der Waals surface area contributed by atoms with E-state index in [1.165, 1.54) is 21.9 Å². The summed E-state index contributed by atoms with van der Waals surface area (Å²) < 4.78 is 1.11. The van der Waals surface area contributed by atoms with Crippen LogP contribution in [0.3, 0.4) is 0 Å². The molecule has 0 radical (unpaired) electrons. The Morgan fingerprint density at radius 2 is 1.70 bits per heavy atom. The van der Waals surface area contributed by atoms with Crippen LogP contribution in [-0.2, 0) is 6.42 Å². The Balaban J connectivity index is 1.43. The molecule has 1 heterocycles. The third-order valence-corrected chi connectivity index (χ3v) is 6.51. The number of halogens is 1. The van der Waals surface area contributed by atoms with Crippen molar-refractivity contribution < 1.29 is 0 Å². The zero-order valence-electron chi connectivity index (χ0n) is 15.2. The van der Waals surface area contributed by atoms with Crippen molar-refractivity contribution in [2.75, 3.05) is 0 Å². The van der Waals surface area contributed by atoms with E-state index < -0.39 is 0 Å². The second-order valence-electron chi connectivity index (χ2n) is 7.76. The molecule has 0 bridgehead atoms. The number of hydrogen-bond donors (Lipinski definition) is 2. The quantitative estimate of drug-likeness (QED) is 0.447. The Kier molecular flexibility index (Phi) is 4.06. The van der Waals surface area contributed by atoms with Crippen LogP contribution in [0.15, 0.2) is 59.1 Å². The van der Waals surface area contributed by atoms with E-state index >= 15 is 0 Å². The van der Waals surface area contributed by atoms with Crippen molar-refractivity contribution in [3.05, 3.63) is 64.9 Å². The van der Waals surface area contributed by atoms with Crippen LogP contribution in [0.4, 0.5) is 0 Å². The number of aromatic nitrogens is 2. The maximum absolute atomic E-state index is 6.05. The second-order valence-corrected chi connectivity index (χ2v) is 8.68. The summed E-state index contributed by atoms with van der Waals surface area (Å²) in [7, 11) is 0. The normalized spacial score (nSPS) is 21.8. The van der Waals surface area contributed by atoms with Crippen molar-refractivity contribution >= 4 is 37.7 Å². The first-order valence-electron chi connectivity index (χ1n) is 9.52. The largest absolute Gasteiger partial charge is 0.342 e. The molecule has 3 nitrogen and oxygen atoms in total. The predicted octanol–water partition coefficient (Wildman–Crippen LogP) is 5.67. The Bertz CT molecular complexity index is 1140. The molecule has 136 valence electrons. The van der Waals surface area contributed by atoms with Crippen LogP contribution in [0.2, 0.25) is 0 Å². The number of imidazole rings is 1. The van der Waals surface area contributed by atoms with E-state index in [-0.39, 0.29) is 0 Å². The number of H-pyrrole nitrogens is 1. The minimum Gasteiger partial charge on any atom is -0.342 e. The van der Waals surface area contributed by atoms with Gasteiger partial charge in [0, 0.05) is 16.9 Å². The van der Waals surface area contributed by atoms with E-state index in [1.807, 2.05) is 0 Å². The first-order chi connectivity index (χ1) is 13.1. The van der Waals surface area contributed by atoms with Crippen molar-refractivity contribution in [3.8, 4) is 11.1 Å². The molecule has 1 saturated carbocycles. The molecule has 3 aromatic carbocycles. The molecule has 1 aliphatic rings. The lowest BCUT2D eigenvalue weighted by molar-refractivity contribution is 0.652. The van der Waals surface area contributed by atoms with E-state index in [1.54, 1.807) is 0 Å². The zero-order chi connectivity index (χ0) is 18.5. The van der Waals surface area contributed by atoms with E-state index in [9.17, 15) is 0 Å². The first-order valence-corrected chi connectivity index (χ1v) is 10.3. The van der Waals surface area contributed by atoms with Gasteiger partial charge in [-0.1, -0.05) is 47.1 Å². The number of benzene rings is 3. The molecule has 3 N–H and O–H groups in total. The minimum absolute atomic E-state index is 0.384. The van der Waals surface area contributed by atoms with Gasteiger partial charge in [-0.2, -0.15) is 0 Å². The Hall–Kier alpha value is -2.17. The van der Waals surface area contributed by atoms with Gasteiger partial charge in [0.15, 0.2) is 0 Å². The molecule has 0 amide bonds. The number of aromatic amines is 1. The average Bonchev–Trinajstić information content (AvgIpc) is 3.06. The molecule has 2 unspecified atom stereocenters. The van der Waals surface area contributed by atoms with Crippen LogP contribution < -0.4 is 5.73 Å². The summed E-state index contributed by atoms with van der Waals surface area (Å²) in [4.78, 5) is 8.26. The molecular formula is C23H22BrN3. The summed E-state index contributed by atoms with van der Waals surface area (Å²) in [5, 5.41) is 2.49. The highest BCUT2D eigenvalue weighted by atomic mass is 79.9. The predicted molar refractivity (Wildman–Crippen MR) is 116 cm³/mol. The molecule has 3 atom stereocenters. The van der Waals surface area contributed by atoms with E-state index in [4.69, 9.17) is 10.7 Å². The van der Waals surface area contributed by atoms with Crippen LogP contribution in [0.5, 0.6) is 0 Å². The van der Waals surface area contributed by atoms with Crippen LogP contribution in [0.25, 0.3) is 32.9 Å². The third kappa shape index (κ3) is 3.17. The number of fused-ring (bicyclic) bond motifs is 2. The summed E-state index contributed by atoms with van der Waals surface area (Å²) in [6.45, 7) is 2.24. The van der Waals surface area contributed by atoms with Crippen molar-refractivity contribution in [1.29, 1.82) is 0 Å². The van der Waals surface area contributed by atoms with Crippen LogP contribution in [0.1, 0.15) is 19.2 Å². The number of nitrogens with zero attached hydrogens (tertiary/aromatic N) is 1.